The molecule has 0 unspecified atom stereocenters. The van der Waals surface area contributed by atoms with E-state index in [1.165, 1.54) is 29.7 Å². The maximum atomic E-state index is 12.3. The van der Waals surface area contributed by atoms with Crippen LogP contribution >= 0.6 is 22.9 Å². The van der Waals surface area contributed by atoms with Crippen LogP contribution in [0.2, 0.25) is 5.02 Å². The number of nitrogens with zero attached hydrogens (tertiary/aromatic N) is 1. The van der Waals surface area contributed by atoms with E-state index in [1.807, 2.05) is 17.5 Å². The SMILES string of the molecule is O=S(=O)(Cc1ncc(-c2cccs2)o1)c1cccc(Cl)c1. The molecule has 7 heteroatoms. The minimum absolute atomic E-state index is 0.158. The van der Waals surface area contributed by atoms with Crippen molar-refractivity contribution in [2.45, 2.75) is 10.6 Å². The lowest BCUT2D eigenvalue weighted by atomic mass is 10.4. The van der Waals surface area contributed by atoms with E-state index in [4.69, 9.17) is 16.0 Å². The Kier molecular flexibility index (Phi) is 3.84. The number of sulfone groups is 1. The quantitative estimate of drug-likeness (QED) is 0.720. The van der Waals surface area contributed by atoms with Crippen molar-refractivity contribution in [3.63, 3.8) is 0 Å². The lowest BCUT2D eigenvalue weighted by Crippen LogP contribution is -2.05. The Morgan fingerprint density at radius 1 is 1.24 bits per heavy atom. The van der Waals surface area contributed by atoms with Crippen LogP contribution in [0.15, 0.2) is 57.3 Å². The molecule has 1 aromatic carbocycles. The molecule has 0 spiro atoms. The van der Waals surface area contributed by atoms with E-state index >= 15 is 0 Å². The number of rotatable bonds is 4. The number of aromatic nitrogens is 1. The Labute approximate surface area is 130 Å². The average molecular weight is 340 g/mol. The summed E-state index contributed by atoms with van der Waals surface area (Å²) >= 11 is 7.33. The molecule has 0 N–H and O–H groups in total. The number of hydrogen-bond acceptors (Lipinski definition) is 5. The predicted molar refractivity (Wildman–Crippen MR) is 82.2 cm³/mol. The van der Waals surface area contributed by atoms with Crippen molar-refractivity contribution in [2.24, 2.45) is 0 Å². The molecular formula is C14H10ClNO3S2. The molecule has 0 fully saturated rings. The fourth-order valence-electron chi connectivity index (χ4n) is 1.82. The monoisotopic (exact) mass is 339 g/mol. The van der Waals surface area contributed by atoms with Gasteiger partial charge in [0.1, 0.15) is 5.75 Å². The van der Waals surface area contributed by atoms with Gasteiger partial charge in [0.2, 0.25) is 5.89 Å². The third kappa shape index (κ3) is 3.18. The van der Waals surface area contributed by atoms with Gasteiger partial charge in [-0.25, -0.2) is 13.4 Å². The van der Waals surface area contributed by atoms with Crippen molar-refractivity contribution < 1.29 is 12.8 Å². The third-order valence-corrected chi connectivity index (χ3v) is 5.50. The molecule has 0 aliphatic rings. The van der Waals surface area contributed by atoms with Crippen LogP contribution in [0.25, 0.3) is 10.6 Å². The summed E-state index contributed by atoms with van der Waals surface area (Å²) in [6.45, 7) is 0. The summed E-state index contributed by atoms with van der Waals surface area (Å²) in [6, 6.07) is 9.93. The second-order valence-electron chi connectivity index (χ2n) is 4.31. The molecule has 0 aliphatic heterocycles. The van der Waals surface area contributed by atoms with Crippen LogP contribution in [-0.2, 0) is 15.6 Å². The molecule has 0 radical (unpaired) electrons. The minimum Gasteiger partial charge on any atom is -0.439 e. The van der Waals surface area contributed by atoms with Crippen LogP contribution < -0.4 is 0 Å². The van der Waals surface area contributed by atoms with Crippen molar-refractivity contribution >= 4 is 32.8 Å². The Morgan fingerprint density at radius 3 is 2.81 bits per heavy atom. The number of hydrogen-bond donors (Lipinski definition) is 0. The zero-order valence-corrected chi connectivity index (χ0v) is 13.1. The highest BCUT2D eigenvalue weighted by molar-refractivity contribution is 7.90. The van der Waals surface area contributed by atoms with E-state index in [0.29, 0.717) is 10.8 Å². The summed E-state index contributed by atoms with van der Waals surface area (Å²) < 4.78 is 30.1. The van der Waals surface area contributed by atoms with Gasteiger partial charge in [-0.2, -0.15) is 0 Å². The Bertz CT molecular complexity index is 854. The van der Waals surface area contributed by atoms with Crippen molar-refractivity contribution in [1.82, 2.24) is 4.98 Å². The van der Waals surface area contributed by atoms with E-state index in [2.05, 4.69) is 4.98 Å². The highest BCUT2D eigenvalue weighted by Crippen LogP contribution is 2.26. The highest BCUT2D eigenvalue weighted by atomic mass is 35.5. The van der Waals surface area contributed by atoms with Crippen LogP contribution in [0.5, 0.6) is 0 Å². The molecule has 0 bridgehead atoms. The average Bonchev–Trinajstić information content (AvgIpc) is 3.08. The minimum atomic E-state index is -3.53. The second kappa shape index (κ2) is 5.63. The summed E-state index contributed by atoms with van der Waals surface area (Å²) in [4.78, 5) is 5.10. The van der Waals surface area contributed by atoms with Crippen LogP contribution in [0, 0.1) is 0 Å². The van der Waals surface area contributed by atoms with Crippen molar-refractivity contribution in [1.29, 1.82) is 0 Å². The van der Waals surface area contributed by atoms with Crippen molar-refractivity contribution in [2.75, 3.05) is 0 Å². The number of thiophene rings is 1. The Morgan fingerprint density at radius 2 is 2.10 bits per heavy atom. The van der Waals surface area contributed by atoms with Gasteiger partial charge >= 0.3 is 0 Å². The number of oxazole rings is 1. The summed E-state index contributed by atoms with van der Waals surface area (Å²) in [6.07, 6.45) is 1.54. The van der Waals surface area contributed by atoms with E-state index in [9.17, 15) is 8.42 Å². The zero-order valence-electron chi connectivity index (χ0n) is 10.7. The smallest absolute Gasteiger partial charge is 0.210 e. The highest BCUT2D eigenvalue weighted by Gasteiger charge is 2.19. The maximum Gasteiger partial charge on any atom is 0.210 e. The molecule has 0 saturated heterocycles. The summed E-state index contributed by atoms with van der Waals surface area (Å²) in [5.74, 6) is 0.443. The lowest BCUT2D eigenvalue weighted by molar-refractivity contribution is 0.520. The van der Waals surface area contributed by atoms with Gasteiger partial charge in [0.15, 0.2) is 15.6 Å². The van der Waals surface area contributed by atoms with E-state index in [-0.39, 0.29) is 16.5 Å². The van der Waals surface area contributed by atoms with Crippen LogP contribution in [-0.4, -0.2) is 13.4 Å². The lowest BCUT2D eigenvalue weighted by Gasteiger charge is -2.02. The largest absolute Gasteiger partial charge is 0.439 e. The normalized spacial score (nSPS) is 11.7. The Hall–Kier alpha value is -1.63. The Balaban J connectivity index is 1.86. The van der Waals surface area contributed by atoms with Gasteiger partial charge in [0.25, 0.3) is 0 Å². The molecule has 3 aromatic rings. The van der Waals surface area contributed by atoms with E-state index in [0.717, 1.165) is 4.88 Å². The maximum absolute atomic E-state index is 12.3. The first-order valence-electron chi connectivity index (χ1n) is 6.01. The van der Waals surface area contributed by atoms with Gasteiger partial charge in [-0.3, -0.25) is 0 Å². The molecule has 0 aliphatic carbocycles. The van der Waals surface area contributed by atoms with Gasteiger partial charge < -0.3 is 4.42 Å². The number of benzene rings is 1. The van der Waals surface area contributed by atoms with Gasteiger partial charge in [-0.05, 0) is 29.6 Å². The third-order valence-electron chi connectivity index (χ3n) is 2.79. The fraction of sp³-hybridized carbons (Fsp3) is 0.0714. The summed E-state index contributed by atoms with van der Waals surface area (Å²) in [5.41, 5.74) is 0. The summed E-state index contributed by atoms with van der Waals surface area (Å²) in [5, 5.41) is 2.29. The van der Waals surface area contributed by atoms with E-state index in [1.54, 1.807) is 12.1 Å². The molecule has 0 saturated carbocycles. The molecule has 0 amide bonds. The summed E-state index contributed by atoms with van der Waals surface area (Å²) in [7, 11) is -3.53. The first-order chi connectivity index (χ1) is 10.0. The molecular weight excluding hydrogens is 330 g/mol. The van der Waals surface area contributed by atoms with Crippen molar-refractivity contribution in [3.05, 3.63) is 58.9 Å². The molecule has 2 aromatic heterocycles. The molecule has 108 valence electrons. The van der Waals surface area contributed by atoms with Crippen LogP contribution in [0.3, 0.4) is 0 Å². The molecule has 3 rings (SSSR count). The van der Waals surface area contributed by atoms with Gasteiger partial charge in [0.05, 0.1) is 16.0 Å². The van der Waals surface area contributed by atoms with E-state index < -0.39 is 9.84 Å². The molecule has 2 heterocycles. The van der Waals surface area contributed by atoms with Gasteiger partial charge in [-0.1, -0.05) is 23.7 Å². The van der Waals surface area contributed by atoms with Gasteiger partial charge in [-0.15, -0.1) is 11.3 Å². The first kappa shape index (κ1) is 14.3. The molecule has 4 nitrogen and oxygen atoms in total. The second-order valence-corrected chi connectivity index (χ2v) is 7.69. The zero-order chi connectivity index (χ0) is 14.9. The first-order valence-corrected chi connectivity index (χ1v) is 8.92. The topological polar surface area (TPSA) is 60.2 Å². The molecule has 0 atom stereocenters. The number of halogens is 1. The predicted octanol–water partition coefficient (Wildman–Crippen LogP) is 4.03. The standard InChI is InChI=1S/C14H10ClNO3S2/c15-10-3-1-4-11(7-10)21(17,18)9-14-16-8-12(19-14)13-5-2-6-20-13/h1-8H,9H2. The van der Waals surface area contributed by atoms with Crippen LogP contribution in [0.1, 0.15) is 5.89 Å². The van der Waals surface area contributed by atoms with Crippen LogP contribution in [0.4, 0.5) is 0 Å². The fourth-order valence-corrected chi connectivity index (χ4v) is 3.96. The van der Waals surface area contributed by atoms with Gasteiger partial charge in [0, 0.05) is 5.02 Å². The van der Waals surface area contributed by atoms with Crippen molar-refractivity contribution in [3.8, 4) is 10.6 Å². The molecule has 21 heavy (non-hydrogen) atoms.